The van der Waals surface area contributed by atoms with Crippen LogP contribution in [-0.4, -0.2) is 69.6 Å². The molecule has 1 fully saturated rings. The van der Waals surface area contributed by atoms with Crippen molar-refractivity contribution >= 4 is 63.6 Å². The van der Waals surface area contributed by atoms with Gasteiger partial charge in [-0.2, -0.15) is 0 Å². The Balaban J connectivity index is 1.67. The number of fused-ring (bicyclic) bond motifs is 1. The van der Waals surface area contributed by atoms with Gasteiger partial charge in [-0.15, -0.1) is 22.9 Å². The number of alkyl halides is 1. The number of nitrogens with one attached hydrogen (secondary N) is 2. The predicted molar refractivity (Wildman–Crippen MR) is 180 cm³/mol. The molecule has 0 radical (unpaired) electrons. The van der Waals surface area contributed by atoms with Crippen LogP contribution in [-0.2, 0) is 19.7 Å². The maximum atomic E-state index is 13.8. The van der Waals surface area contributed by atoms with Gasteiger partial charge >= 0.3 is 12.1 Å². The Kier molecular flexibility index (Phi) is 11.1. The average molecular weight is 673 g/mol. The molecule has 0 aromatic carbocycles. The number of nitrogens with zero attached hydrogens (tertiary/aromatic N) is 4. The first-order chi connectivity index (χ1) is 21.6. The van der Waals surface area contributed by atoms with Crippen molar-refractivity contribution in [2.45, 2.75) is 77.9 Å². The molecule has 4 rings (SSSR count). The first-order valence-corrected chi connectivity index (χ1v) is 16.6. The van der Waals surface area contributed by atoms with Gasteiger partial charge < -0.3 is 19.7 Å². The highest BCUT2D eigenvalue weighted by molar-refractivity contribution is 7.14. The number of hydrogen-bond donors (Lipinski definition) is 2. The Labute approximate surface area is 277 Å². The van der Waals surface area contributed by atoms with E-state index < -0.39 is 35.2 Å². The Morgan fingerprint density at radius 3 is 2.61 bits per heavy atom. The Bertz CT molecular complexity index is 1670. The molecule has 3 aromatic rings. The fourth-order valence-electron chi connectivity index (χ4n) is 4.68. The molecule has 2 amide bonds. The van der Waals surface area contributed by atoms with Crippen LogP contribution in [0.1, 0.15) is 82.4 Å². The molecule has 1 aliphatic rings. The highest BCUT2D eigenvalue weighted by atomic mass is 35.5. The van der Waals surface area contributed by atoms with E-state index in [1.807, 2.05) is 31.1 Å². The third-order valence-electron chi connectivity index (χ3n) is 6.92. The lowest BCUT2D eigenvalue weighted by Crippen LogP contribution is -2.43. The number of aromatic nitrogens is 3. The second-order valence-electron chi connectivity index (χ2n) is 13.0. The van der Waals surface area contributed by atoms with Crippen molar-refractivity contribution in [3.8, 4) is 0 Å². The van der Waals surface area contributed by atoms with E-state index in [-0.39, 0.29) is 28.7 Å². The number of carbonyl (C=O) groups is 3. The minimum absolute atomic E-state index is 0.158. The van der Waals surface area contributed by atoms with Gasteiger partial charge in [-0.3, -0.25) is 19.3 Å². The lowest BCUT2D eigenvalue weighted by molar-refractivity contribution is -0.148. The lowest BCUT2D eigenvalue weighted by atomic mass is 9.93. The van der Waals surface area contributed by atoms with Crippen LogP contribution in [0.2, 0.25) is 0 Å². The summed E-state index contributed by atoms with van der Waals surface area (Å²) in [5, 5.41) is 7.90. The molecule has 4 heterocycles. The van der Waals surface area contributed by atoms with E-state index in [1.54, 1.807) is 20.8 Å². The van der Waals surface area contributed by atoms with Crippen LogP contribution in [0.15, 0.2) is 34.6 Å². The van der Waals surface area contributed by atoms with E-state index in [1.165, 1.54) is 46.2 Å². The molecule has 12 nitrogen and oxygen atoms in total. The van der Waals surface area contributed by atoms with Crippen molar-refractivity contribution in [3.63, 3.8) is 0 Å². The second-order valence-corrected chi connectivity index (χ2v) is 14.2. The number of ether oxygens (including phenoxy) is 2. The van der Waals surface area contributed by atoms with Gasteiger partial charge in [0.2, 0.25) is 0 Å². The molecular weight excluding hydrogens is 632 g/mol. The van der Waals surface area contributed by atoms with Crippen LogP contribution in [0.5, 0.6) is 0 Å². The second kappa shape index (κ2) is 14.6. The van der Waals surface area contributed by atoms with Crippen molar-refractivity contribution in [2.24, 2.45) is 0 Å². The zero-order valence-electron chi connectivity index (χ0n) is 27.0. The lowest BCUT2D eigenvalue weighted by Gasteiger charge is -2.34. The first-order valence-electron chi connectivity index (χ1n) is 15.1. The molecular formula is C32H41ClN6O6S. The van der Waals surface area contributed by atoms with Gasteiger partial charge in [-0.1, -0.05) is 20.8 Å². The molecule has 248 valence electrons. The van der Waals surface area contributed by atoms with Crippen LogP contribution in [0.25, 0.3) is 11.7 Å². The number of alkyl carbamates (subject to hydrolysis) is 1. The summed E-state index contributed by atoms with van der Waals surface area (Å²) in [4.78, 5) is 63.1. The van der Waals surface area contributed by atoms with Crippen molar-refractivity contribution in [1.82, 2.24) is 19.7 Å². The highest BCUT2D eigenvalue weighted by Gasteiger charge is 2.27. The number of thiazole rings is 1. The smallest absolute Gasteiger partial charge is 0.407 e. The van der Waals surface area contributed by atoms with Gasteiger partial charge in [0.25, 0.3) is 11.5 Å². The van der Waals surface area contributed by atoms with Crippen LogP contribution < -0.4 is 21.1 Å². The number of rotatable bonds is 9. The quantitative estimate of drug-likeness (QED) is 0.132. The fourth-order valence-corrected chi connectivity index (χ4v) is 5.74. The summed E-state index contributed by atoms with van der Waals surface area (Å²) in [6.07, 6.45) is 4.99. The summed E-state index contributed by atoms with van der Waals surface area (Å²) in [7, 11) is 0. The van der Waals surface area contributed by atoms with Crippen molar-refractivity contribution < 1.29 is 23.9 Å². The Morgan fingerprint density at radius 1 is 1.17 bits per heavy atom. The van der Waals surface area contributed by atoms with Crippen molar-refractivity contribution in [2.75, 3.05) is 35.7 Å². The highest BCUT2D eigenvalue weighted by Crippen LogP contribution is 2.27. The number of halogens is 1. The number of amides is 2. The van der Waals surface area contributed by atoms with Crippen molar-refractivity contribution in [3.05, 3.63) is 57.0 Å². The van der Waals surface area contributed by atoms with E-state index in [2.05, 4.69) is 15.6 Å². The number of hydrogen-bond acceptors (Lipinski definition) is 10. The van der Waals surface area contributed by atoms with Crippen LogP contribution >= 0.6 is 22.9 Å². The zero-order valence-corrected chi connectivity index (χ0v) is 28.6. The van der Waals surface area contributed by atoms with E-state index in [0.717, 1.165) is 5.69 Å². The van der Waals surface area contributed by atoms with Gasteiger partial charge in [-0.25, -0.2) is 19.6 Å². The molecule has 1 aliphatic heterocycles. The number of carbonyl (C=O) groups excluding carboxylic acids is 3. The van der Waals surface area contributed by atoms with Gasteiger partial charge in [0.05, 0.1) is 17.8 Å². The predicted octanol–water partition coefficient (Wildman–Crippen LogP) is 5.38. The summed E-state index contributed by atoms with van der Waals surface area (Å²) < 4.78 is 12.3. The normalized spacial score (nSPS) is 15.6. The summed E-state index contributed by atoms with van der Waals surface area (Å²) >= 11 is 7.03. The molecule has 0 saturated carbocycles. The summed E-state index contributed by atoms with van der Waals surface area (Å²) in [5.41, 5.74) is 0.231. The third kappa shape index (κ3) is 9.29. The molecule has 3 aromatic heterocycles. The fraction of sp³-hybridized carbons (Fsp3) is 0.500. The maximum absolute atomic E-state index is 13.8. The van der Waals surface area contributed by atoms with Crippen LogP contribution in [0.4, 0.5) is 15.7 Å². The third-order valence-corrected chi connectivity index (χ3v) is 7.95. The number of esters is 1. The molecule has 2 N–H and O–H groups in total. The summed E-state index contributed by atoms with van der Waals surface area (Å²) in [5.74, 6) is -0.283. The molecule has 1 atom stereocenters. The Morgan fingerprint density at radius 2 is 1.93 bits per heavy atom. The summed E-state index contributed by atoms with van der Waals surface area (Å²) in [6, 6.07) is 3.06. The average Bonchev–Trinajstić information content (AvgIpc) is 3.45. The molecule has 0 spiro atoms. The van der Waals surface area contributed by atoms with Gasteiger partial charge in [0, 0.05) is 47.6 Å². The molecule has 0 bridgehead atoms. The molecule has 46 heavy (non-hydrogen) atoms. The van der Waals surface area contributed by atoms with Crippen LogP contribution in [0.3, 0.4) is 0 Å². The zero-order chi connectivity index (χ0) is 33.6. The van der Waals surface area contributed by atoms with E-state index in [0.29, 0.717) is 49.2 Å². The minimum atomic E-state index is -0.716. The van der Waals surface area contributed by atoms with Gasteiger partial charge in [0.1, 0.15) is 23.2 Å². The number of pyridine rings is 1. The molecule has 0 unspecified atom stereocenters. The topological polar surface area (TPSA) is 144 Å². The van der Waals surface area contributed by atoms with Gasteiger partial charge in [-0.05, 0) is 58.2 Å². The SMILES string of the molecule is CC(C)(C)OC(=O)C=Cc1c(N2CCC[C@@H](OC(=O)NCCCCl)C2)nc2cc(C(=O)Nc3nc(C(C)(C)C)cs3)ccn2c1=O. The van der Waals surface area contributed by atoms with Crippen LogP contribution in [0, 0.1) is 0 Å². The minimum Gasteiger partial charge on any atom is -0.457 e. The molecule has 0 aliphatic carbocycles. The first kappa shape index (κ1) is 34.9. The molecule has 1 saturated heterocycles. The van der Waals surface area contributed by atoms with E-state index in [4.69, 9.17) is 26.1 Å². The standard InChI is InChI=1S/C32H41ClN6O6S/c1-31(2,3)23-19-46-29(35-23)37-27(41)20-12-16-39-24(17-20)36-26(22(28(39)42)10-11-25(40)45-32(4,5)6)38-15-7-9-21(18-38)44-30(43)34-14-8-13-33/h10-12,16-17,19,21H,7-9,13-15,18H2,1-6H3,(H,34,43)(H,35,37,41)/t21-/m1/s1. The largest absolute Gasteiger partial charge is 0.457 e. The number of piperidine rings is 1. The van der Waals surface area contributed by atoms with E-state index >= 15 is 0 Å². The molecule has 14 heteroatoms. The monoisotopic (exact) mass is 672 g/mol. The maximum Gasteiger partial charge on any atom is 0.407 e. The summed E-state index contributed by atoms with van der Waals surface area (Å²) in [6.45, 7) is 12.6. The Hall–Kier alpha value is -3.97. The van der Waals surface area contributed by atoms with Gasteiger partial charge in [0.15, 0.2) is 5.13 Å². The van der Waals surface area contributed by atoms with E-state index in [9.17, 15) is 19.2 Å². The number of anilines is 2. The van der Waals surface area contributed by atoms with Crippen molar-refractivity contribution in [1.29, 1.82) is 0 Å².